The number of pyridine rings is 1. The zero-order valence-electron chi connectivity index (χ0n) is 14.8. The van der Waals surface area contributed by atoms with Crippen LogP contribution in [0.5, 0.6) is 0 Å². The molecule has 2 aromatic heterocycles. The van der Waals surface area contributed by atoms with Gasteiger partial charge in [0, 0.05) is 30.7 Å². The second-order valence-electron chi connectivity index (χ2n) is 6.86. The van der Waals surface area contributed by atoms with E-state index >= 15 is 0 Å². The second kappa shape index (κ2) is 7.19. The van der Waals surface area contributed by atoms with Crippen molar-refractivity contribution < 1.29 is 8.42 Å². The lowest BCUT2D eigenvalue weighted by molar-refractivity contribution is 0.191. The lowest BCUT2D eigenvalue weighted by atomic mass is 9.74. The average molecular weight is 388 g/mol. The molecule has 3 rings (SSSR count). The van der Waals surface area contributed by atoms with E-state index < -0.39 is 15.6 Å². The smallest absolute Gasteiger partial charge is 0.242 e. The topological polar surface area (TPSA) is 103 Å². The molecule has 7 nitrogen and oxygen atoms in total. The first-order valence-electron chi connectivity index (χ1n) is 8.32. The maximum Gasteiger partial charge on any atom is 0.242 e. The van der Waals surface area contributed by atoms with Crippen LogP contribution >= 0.6 is 12.4 Å². The molecule has 3 N–H and O–H groups in total. The van der Waals surface area contributed by atoms with Gasteiger partial charge in [-0.1, -0.05) is 19.8 Å². The highest BCUT2D eigenvalue weighted by Gasteiger charge is 2.40. The van der Waals surface area contributed by atoms with Crippen LogP contribution in [0.3, 0.4) is 0 Å². The van der Waals surface area contributed by atoms with Crippen LogP contribution in [0.15, 0.2) is 17.2 Å². The number of aromatic nitrogens is 3. The fourth-order valence-corrected chi connectivity index (χ4v) is 5.18. The van der Waals surface area contributed by atoms with Crippen molar-refractivity contribution >= 4 is 33.5 Å². The lowest BCUT2D eigenvalue weighted by Gasteiger charge is -2.42. The van der Waals surface area contributed by atoms with Crippen molar-refractivity contribution in [3.63, 3.8) is 0 Å². The van der Waals surface area contributed by atoms with Crippen LogP contribution < -0.4 is 10.5 Å². The van der Waals surface area contributed by atoms with Crippen molar-refractivity contribution in [1.82, 2.24) is 19.5 Å². The van der Waals surface area contributed by atoms with E-state index in [1.54, 1.807) is 17.8 Å². The predicted molar refractivity (Wildman–Crippen MR) is 100 cm³/mol. The Kier molecular flexibility index (Phi) is 5.78. The van der Waals surface area contributed by atoms with E-state index in [4.69, 9.17) is 5.73 Å². The Morgan fingerprint density at radius 1 is 1.44 bits per heavy atom. The molecule has 1 saturated carbocycles. The van der Waals surface area contributed by atoms with Gasteiger partial charge in [0.25, 0.3) is 0 Å². The van der Waals surface area contributed by atoms with Gasteiger partial charge < -0.3 is 5.73 Å². The van der Waals surface area contributed by atoms with Gasteiger partial charge in [0.2, 0.25) is 10.0 Å². The van der Waals surface area contributed by atoms with Crippen molar-refractivity contribution in [1.29, 1.82) is 0 Å². The molecule has 2 atom stereocenters. The Morgan fingerprint density at radius 3 is 2.80 bits per heavy atom. The molecule has 0 spiro atoms. The summed E-state index contributed by atoms with van der Waals surface area (Å²) in [4.78, 5) is 4.44. The van der Waals surface area contributed by atoms with Crippen molar-refractivity contribution in [3.05, 3.63) is 18.0 Å². The van der Waals surface area contributed by atoms with Crippen LogP contribution in [0.25, 0.3) is 11.0 Å². The molecule has 0 radical (unpaired) electrons. The number of hydrogen-bond donors (Lipinski definition) is 2. The van der Waals surface area contributed by atoms with E-state index in [1.165, 1.54) is 6.20 Å². The van der Waals surface area contributed by atoms with Crippen LogP contribution in [0.4, 0.5) is 0 Å². The van der Waals surface area contributed by atoms with Gasteiger partial charge in [-0.3, -0.25) is 4.68 Å². The lowest BCUT2D eigenvalue weighted by Crippen LogP contribution is -2.58. The molecule has 1 fully saturated rings. The van der Waals surface area contributed by atoms with Crippen LogP contribution in [-0.2, 0) is 17.1 Å². The van der Waals surface area contributed by atoms with Crippen molar-refractivity contribution in [2.45, 2.75) is 50.0 Å². The van der Waals surface area contributed by atoms with E-state index in [-0.39, 0.29) is 23.2 Å². The molecular weight excluding hydrogens is 362 g/mol. The van der Waals surface area contributed by atoms with E-state index in [0.717, 1.165) is 36.8 Å². The number of halogens is 1. The van der Waals surface area contributed by atoms with Gasteiger partial charge in [0.15, 0.2) is 5.65 Å². The zero-order valence-corrected chi connectivity index (χ0v) is 16.5. The first kappa shape index (κ1) is 20.1. The molecule has 0 aliphatic heterocycles. The molecule has 2 aromatic rings. The standard InChI is InChI=1S/C16H25N5O2S.ClH/c1-11-6-4-5-7-16(11,10-17)20-24(22,23)13-8-14-12(2)19-21(3)15(14)18-9-13;/h8-9,11,20H,4-7,10,17H2,1-3H3;1H. The molecule has 9 heteroatoms. The van der Waals surface area contributed by atoms with E-state index in [2.05, 4.69) is 21.7 Å². The van der Waals surface area contributed by atoms with Gasteiger partial charge >= 0.3 is 0 Å². The van der Waals surface area contributed by atoms with Crippen molar-refractivity contribution in [2.75, 3.05) is 6.54 Å². The van der Waals surface area contributed by atoms with Gasteiger partial charge in [-0.15, -0.1) is 12.4 Å². The van der Waals surface area contributed by atoms with Crippen molar-refractivity contribution in [3.8, 4) is 0 Å². The first-order valence-corrected chi connectivity index (χ1v) is 9.81. The average Bonchev–Trinajstić information content (AvgIpc) is 2.84. The van der Waals surface area contributed by atoms with E-state index in [0.29, 0.717) is 12.2 Å². The summed E-state index contributed by atoms with van der Waals surface area (Å²) in [6.07, 6.45) is 5.25. The maximum atomic E-state index is 12.9. The minimum absolute atomic E-state index is 0. The third kappa shape index (κ3) is 3.53. The molecule has 0 amide bonds. The first-order chi connectivity index (χ1) is 11.3. The largest absolute Gasteiger partial charge is 0.329 e. The van der Waals surface area contributed by atoms with Crippen LogP contribution in [0.2, 0.25) is 0 Å². The Bertz CT molecular complexity index is 867. The normalized spacial score (nSPS) is 24.2. The highest BCUT2D eigenvalue weighted by Crippen LogP contribution is 2.34. The van der Waals surface area contributed by atoms with Gasteiger partial charge in [-0.05, 0) is 31.7 Å². The third-order valence-corrected chi connectivity index (χ3v) is 6.82. The Labute approximate surface area is 154 Å². The number of hydrogen-bond acceptors (Lipinski definition) is 5. The summed E-state index contributed by atoms with van der Waals surface area (Å²) >= 11 is 0. The maximum absolute atomic E-state index is 12.9. The molecule has 0 bridgehead atoms. The summed E-state index contributed by atoms with van der Waals surface area (Å²) < 4.78 is 30.4. The number of nitrogens with zero attached hydrogens (tertiary/aromatic N) is 3. The highest BCUT2D eigenvalue weighted by atomic mass is 35.5. The number of sulfonamides is 1. The predicted octanol–water partition coefficient (Wildman–Crippen LogP) is 1.88. The van der Waals surface area contributed by atoms with Crippen LogP contribution in [0.1, 0.15) is 38.3 Å². The number of aryl methyl sites for hydroxylation is 2. The Hall–Kier alpha value is -1.22. The molecule has 0 aromatic carbocycles. The summed E-state index contributed by atoms with van der Waals surface area (Å²) in [6.45, 7) is 4.22. The third-order valence-electron chi connectivity index (χ3n) is 5.30. The number of nitrogens with two attached hydrogens (primary N) is 1. The van der Waals surface area contributed by atoms with E-state index in [9.17, 15) is 8.42 Å². The number of fused-ring (bicyclic) bond motifs is 1. The summed E-state index contributed by atoms with van der Waals surface area (Å²) in [5, 5.41) is 5.04. The van der Waals surface area contributed by atoms with Gasteiger partial charge in [0.1, 0.15) is 4.90 Å². The molecule has 140 valence electrons. The SMILES string of the molecule is Cc1nn(C)c2ncc(S(=O)(=O)NC3(CN)CCCCC3C)cc12.Cl. The van der Waals surface area contributed by atoms with E-state index in [1.807, 2.05) is 6.92 Å². The monoisotopic (exact) mass is 387 g/mol. The number of rotatable bonds is 4. The van der Waals surface area contributed by atoms with Crippen molar-refractivity contribution in [2.24, 2.45) is 18.7 Å². The van der Waals surface area contributed by atoms with Gasteiger partial charge in [-0.2, -0.15) is 5.10 Å². The zero-order chi connectivity index (χ0) is 17.5. The highest BCUT2D eigenvalue weighted by molar-refractivity contribution is 7.89. The summed E-state index contributed by atoms with van der Waals surface area (Å²) in [6, 6.07) is 1.64. The van der Waals surface area contributed by atoms with Crippen LogP contribution in [-0.4, -0.2) is 35.3 Å². The quantitative estimate of drug-likeness (QED) is 0.833. The molecule has 25 heavy (non-hydrogen) atoms. The van der Waals surface area contributed by atoms with Gasteiger partial charge in [-0.25, -0.2) is 18.1 Å². The minimum Gasteiger partial charge on any atom is -0.329 e. The fraction of sp³-hybridized carbons (Fsp3) is 0.625. The molecule has 1 aliphatic carbocycles. The molecule has 2 unspecified atom stereocenters. The van der Waals surface area contributed by atoms with Gasteiger partial charge in [0.05, 0.1) is 5.69 Å². The van der Waals surface area contributed by atoms with Crippen LogP contribution in [0, 0.1) is 12.8 Å². The second-order valence-corrected chi connectivity index (χ2v) is 8.55. The summed E-state index contributed by atoms with van der Waals surface area (Å²) in [5.74, 6) is 0.211. The minimum atomic E-state index is -3.69. The summed E-state index contributed by atoms with van der Waals surface area (Å²) in [5.41, 5.74) is 6.84. The molecule has 0 saturated heterocycles. The fourth-order valence-electron chi connectivity index (χ4n) is 3.67. The molecular formula is C16H26ClN5O2S. The molecule has 1 aliphatic rings. The Morgan fingerprint density at radius 2 is 2.16 bits per heavy atom. The summed E-state index contributed by atoms with van der Waals surface area (Å²) in [7, 11) is -1.90. The Balaban J connectivity index is 0.00000225. The molecule has 2 heterocycles. The number of nitrogens with one attached hydrogen (secondary N) is 1.